The van der Waals surface area contributed by atoms with Crippen molar-refractivity contribution in [1.29, 1.82) is 0 Å². The lowest BCUT2D eigenvalue weighted by Crippen LogP contribution is -2.47. The highest BCUT2D eigenvalue weighted by Gasteiger charge is 2.37. The number of rotatable bonds is 4. The number of aliphatic hydroxyl groups excluding tert-OH is 1. The fourth-order valence-corrected chi connectivity index (χ4v) is 3.67. The summed E-state index contributed by atoms with van der Waals surface area (Å²) < 4.78 is 0. The predicted octanol–water partition coefficient (Wildman–Crippen LogP) is 1.42. The van der Waals surface area contributed by atoms with Crippen LogP contribution in [0, 0.1) is 17.3 Å². The molecule has 0 spiro atoms. The maximum absolute atomic E-state index is 12.3. The van der Waals surface area contributed by atoms with Gasteiger partial charge in [-0.3, -0.25) is 4.79 Å². The summed E-state index contributed by atoms with van der Waals surface area (Å²) in [5, 5.41) is 13.2. The topological polar surface area (TPSA) is 75.4 Å². The lowest BCUT2D eigenvalue weighted by atomic mass is 9.73. The average Bonchev–Trinajstić information content (AvgIpc) is 2.88. The monoisotopic (exact) mass is 268 g/mol. The number of aliphatic hydroxyl groups is 1. The second-order valence-electron chi connectivity index (χ2n) is 6.67. The third kappa shape index (κ3) is 3.29. The standard InChI is InChI=1S/C15H28N2O2/c1-15(8-3-2-7-13(15)18)10-17-14(19)12-6-4-5-11(12)9-16/h11-13,18H,2-10,16H2,1H3,(H,17,19)/t11-,12-,13?,15?/m1/s1. The van der Waals surface area contributed by atoms with E-state index in [4.69, 9.17) is 5.73 Å². The van der Waals surface area contributed by atoms with E-state index in [1.807, 2.05) is 0 Å². The van der Waals surface area contributed by atoms with Crippen molar-refractivity contribution in [3.63, 3.8) is 0 Å². The van der Waals surface area contributed by atoms with Gasteiger partial charge in [-0.1, -0.05) is 26.2 Å². The fourth-order valence-electron chi connectivity index (χ4n) is 3.67. The van der Waals surface area contributed by atoms with Crippen molar-refractivity contribution >= 4 is 5.91 Å². The van der Waals surface area contributed by atoms with Crippen LogP contribution in [0.15, 0.2) is 0 Å². The summed E-state index contributed by atoms with van der Waals surface area (Å²) in [5.41, 5.74) is 5.58. The van der Waals surface area contributed by atoms with Crippen LogP contribution < -0.4 is 11.1 Å². The summed E-state index contributed by atoms with van der Waals surface area (Å²) >= 11 is 0. The number of amides is 1. The second kappa shape index (κ2) is 6.23. The molecule has 0 bridgehead atoms. The van der Waals surface area contributed by atoms with Crippen molar-refractivity contribution in [1.82, 2.24) is 5.32 Å². The van der Waals surface area contributed by atoms with E-state index >= 15 is 0 Å². The number of carbonyl (C=O) groups is 1. The molecular weight excluding hydrogens is 240 g/mol. The highest BCUT2D eigenvalue weighted by atomic mass is 16.3. The summed E-state index contributed by atoms with van der Waals surface area (Å²) in [6, 6.07) is 0. The first-order chi connectivity index (χ1) is 9.07. The molecule has 1 amide bonds. The minimum atomic E-state index is -0.282. The number of hydrogen-bond donors (Lipinski definition) is 3. The number of carbonyl (C=O) groups excluding carboxylic acids is 1. The van der Waals surface area contributed by atoms with Gasteiger partial charge in [-0.15, -0.1) is 0 Å². The second-order valence-corrected chi connectivity index (χ2v) is 6.67. The molecule has 110 valence electrons. The van der Waals surface area contributed by atoms with Gasteiger partial charge in [0.05, 0.1) is 6.10 Å². The molecule has 0 aromatic rings. The largest absolute Gasteiger partial charge is 0.392 e. The van der Waals surface area contributed by atoms with Crippen LogP contribution in [0.3, 0.4) is 0 Å². The lowest BCUT2D eigenvalue weighted by molar-refractivity contribution is -0.127. The first-order valence-electron chi connectivity index (χ1n) is 7.72. The molecule has 2 aliphatic rings. The summed E-state index contributed by atoms with van der Waals surface area (Å²) in [4.78, 5) is 12.3. The summed E-state index contributed by atoms with van der Waals surface area (Å²) in [6.45, 7) is 3.30. The summed E-state index contributed by atoms with van der Waals surface area (Å²) in [5.74, 6) is 0.588. The molecule has 2 saturated carbocycles. The van der Waals surface area contributed by atoms with E-state index in [1.54, 1.807) is 0 Å². The number of nitrogens with two attached hydrogens (primary N) is 1. The van der Waals surface area contributed by atoms with Gasteiger partial charge in [0.15, 0.2) is 0 Å². The van der Waals surface area contributed by atoms with Crippen LogP contribution >= 0.6 is 0 Å². The smallest absolute Gasteiger partial charge is 0.223 e. The Bertz CT molecular complexity index is 321. The molecule has 2 aliphatic carbocycles. The van der Waals surface area contributed by atoms with E-state index < -0.39 is 0 Å². The first-order valence-corrected chi connectivity index (χ1v) is 7.72. The molecule has 0 saturated heterocycles. The fraction of sp³-hybridized carbons (Fsp3) is 0.933. The Morgan fingerprint density at radius 1 is 1.32 bits per heavy atom. The first kappa shape index (κ1) is 14.8. The van der Waals surface area contributed by atoms with E-state index in [0.717, 1.165) is 44.9 Å². The molecule has 0 aliphatic heterocycles. The van der Waals surface area contributed by atoms with E-state index in [-0.39, 0.29) is 23.3 Å². The predicted molar refractivity (Wildman–Crippen MR) is 75.5 cm³/mol. The van der Waals surface area contributed by atoms with Crippen LogP contribution in [0.5, 0.6) is 0 Å². The molecule has 4 heteroatoms. The van der Waals surface area contributed by atoms with Gasteiger partial charge >= 0.3 is 0 Å². The average molecular weight is 268 g/mol. The third-order valence-electron chi connectivity index (χ3n) is 5.24. The lowest BCUT2D eigenvalue weighted by Gasteiger charge is -2.38. The van der Waals surface area contributed by atoms with Gasteiger partial charge in [0, 0.05) is 17.9 Å². The Morgan fingerprint density at radius 3 is 2.79 bits per heavy atom. The Morgan fingerprint density at radius 2 is 2.11 bits per heavy atom. The molecule has 0 aromatic carbocycles. The van der Waals surface area contributed by atoms with Crippen LogP contribution in [0.2, 0.25) is 0 Å². The SMILES string of the molecule is CC1(CNC(=O)[C@@H]2CCC[C@@H]2CN)CCCCC1O. The minimum Gasteiger partial charge on any atom is -0.392 e. The highest BCUT2D eigenvalue weighted by molar-refractivity contribution is 5.79. The van der Waals surface area contributed by atoms with Crippen molar-refractivity contribution in [2.24, 2.45) is 23.0 Å². The van der Waals surface area contributed by atoms with Gasteiger partial charge in [-0.2, -0.15) is 0 Å². The Labute approximate surface area is 116 Å². The number of hydrogen-bond acceptors (Lipinski definition) is 3. The molecule has 2 unspecified atom stereocenters. The minimum absolute atomic E-state index is 0.0920. The van der Waals surface area contributed by atoms with Gasteiger partial charge in [-0.25, -0.2) is 0 Å². The zero-order valence-electron chi connectivity index (χ0n) is 12.0. The van der Waals surface area contributed by atoms with Crippen LogP contribution in [0.4, 0.5) is 0 Å². The molecule has 19 heavy (non-hydrogen) atoms. The molecular formula is C15H28N2O2. The molecule has 0 radical (unpaired) electrons. The van der Waals surface area contributed by atoms with Crippen molar-refractivity contribution in [2.45, 2.75) is 58.0 Å². The molecule has 4 N–H and O–H groups in total. The van der Waals surface area contributed by atoms with E-state index in [9.17, 15) is 9.90 Å². The quantitative estimate of drug-likeness (QED) is 0.722. The molecule has 0 heterocycles. The maximum Gasteiger partial charge on any atom is 0.223 e. The van der Waals surface area contributed by atoms with Crippen LogP contribution in [0.1, 0.15) is 51.9 Å². The van der Waals surface area contributed by atoms with Crippen LogP contribution in [-0.4, -0.2) is 30.2 Å². The zero-order chi connectivity index (χ0) is 13.9. The third-order valence-corrected chi connectivity index (χ3v) is 5.24. The Kier molecular flexibility index (Phi) is 4.85. The molecule has 2 rings (SSSR count). The van der Waals surface area contributed by atoms with E-state index in [2.05, 4.69) is 12.2 Å². The highest BCUT2D eigenvalue weighted by Crippen LogP contribution is 2.36. The van der Waals surface area contributed by atoms with E-state index in [0.29, 0.717) is 19.0 Å². The summed E-state index contributed by atoms with van der Waals surface area (Å²) in [6.07, 6.45) is 6.98. The van der Waals surface area contributed by atoms with Gasteiger partial charge in [0.25, 0.3) is 0 Å². The van der Waals surface area contributed by atoms with Crippen LogP contribution in [0.25, 0.3) is 0 Å². The summed E-state index contributed by atoms with van der Waals surface area (Å²) in [7, 11) is 0. The van der Waals surface area contributed by atoms with Crippen molar-refractivity contribution in [3.8, 4) is 0 Å². The van der Waals surface area contributed by atoms with Crippen LogP contribution in [-0.2, 0) is 4.79 Å². The van der Waals surface area contributed by atoms with Crippen molar-refractivity contribution < 1.29 is 9.90 Å². The molecule has 4 atom stereocenters. The maximum atomic E-state index is 12.3. The van der Waals surface area contributed by atoms with Gasteiger partial charge < -0.3 is 16.2 Å². The van der Waals surface area contributed by atoms with E-state index in [1.165, 1.54) is 0 Å². The molecule has 2 fully saturated rings. The molecule has 0 aromatic heterocycles. The Balaban J connectivity index is 1.85. The molecule has 4 nitrogen and oxygen atoms in total. The zero-order valence-corrected chi connectivity index (χ0v) is 12.0. The Hall–Kier alpha value is -0.610. The van der Waals surface area contributed by atoms with Crippen molar-refractivity contribution in [3.05, 3.63) is 0 Å². The van der Waals surface area contributed by atoms with Crippen molar-refractivity contribution in [2.75, 3.05) is 13.1 Å². The normalized spacial score (nSPS) is 39.2. The van der Waals surface area contributed by atoms with Gasteiger partial charge in [-0.05, 0) is 38.1 Å². The van der Waals surface area contributed by atoms with Gasteiger partial charge in [0.1, 0.15) is 0 Å². The van der Waals surface area contributed by atoms with Gasteiger partial charge in [0.2, 0.25) is 5.91 Å². The number of nitrogens with one attached hydrogen (secondary N) is 1.